The third kappa shape index (κ3) is 2.70. The lowest BCUT2D eigenvalue weighted by molar-refractivity contribution is 0.0642. The maximum atomic E-state index is 12.5. The van der Waals surface area contributed by atoms with Gasteiger partial charge in [0.25, 0.3) is 11.8 Å². The minimum absolute atomic E-state index is 0.219. The van der Waals surface area contributed by atoms with Crippen molar-refractivity contribution in [2.45, 2.75) is 13.1 Å². The lowest BCUT2D eigenvalue weighted by Crippen LogP contribution is -2.29. The van der Waals surface area contributed by atoms with Crippen molar-refractivity contribution in [1.29, 1.82) is 0 Å². The highest BCUT2D eigenvalue weighted by Crippen LogP contribution is 2.24. The maximum absolute atomic E-state index is 12.5. The van der Waals surface area contributed by atoms with Gasteiger partial charge in [-0.3, -0.25) is 14.5 Å². The van der Waals surface area contributed by atoms with E-state index < -0.39 is 0 Å². The van der Waals surface area contributed by atoms with Crippen LogP contribution in [0.2, 0.25) is 0 Å². The summed E-state index contributed by atoms with van der Waals surface area (Å²) in [6, 6.07) is 25.5. The van der Waals surface area contributed by atoms with Gasteiger partial charge in [0, 0.05) is 18.3 Å². The summed E-state index contributed by atoms with van der Waals surface area (Å²) in [6.45, 7) is 1.07. The number of carbonyl (C=O) groups excluding carboxylic acids is 2. The van der Waals surface area contributed by atoms with E-state index in [0.717, 1.165) is 12.1 Å². The van der Waals surface area contributed by atoms with E-state index in [1.54, 1.807) is 24.3 Å². The fraction of sp³-hybridized carbons (Fsp3) is 0.0833. The number of hydrogen-bond acceptors (Lipinski definition) is 2. The van der Waals surface area contributed by atoms with Crippen LogP contribution in [0.4, 0.5) is 0 Å². The van der Waals surface area contributed by atoms with Crippen LogP contribution < -0.4 is 0 Å². The topological polar surface area (TPSA) is 42.3 Å². The summed E-state index contributed by atoms with van der Waals surface area (Å²) in [6.07, 6.45) is 2.09. The van der Waals surface area contributed by atoms with Crippen LogP contribution in [-0.2, 0) is 13.1 Å². The van der Waals surface area contributed by atoms with Crippen LogP contribution in [0.15, 0.2) is 85.1 Å². The Morgan fingerprint density at radius 3 is 1.86 bits per heavy atom. The van der Waals surface area contributed by atoms with Gasteiger partial charge in [-0.2, -0.15) is 0 Å². The van der Waals surface area contributed by atoms with Crippen molar-refractivity contribution in [1.82, 2.24) is 9.47 Å². The second kappa shape index (κ2) is 6.50. The molecule has 0 spiro atoms. The van der Waals surface area contributed by atoms with Gasteiger partial charge in [0.05, 0.1) is 17.7 Å². The highest BCUT2D eigenvalue weighted by Gasteiger charge is 2.34. The van der Waals surface area contributed by atoms with Crippen LogP contribution >= 0.6 is 0 Å². The van der Waals surface area contributed by atoms with Crippen molar-refractivity contribution in [3.63, 3.8) is 0 Å². The SMILES string of the molecule is O=C1c2ccccc2C(=O)N1Cc1ccc(Cn2ccc3ccccc32)cc1. The molecule has 0 fully saturated rings. The molecule has 0 radical (unpaired) electrons. The molecule has 136 valence electrons. The smallest absolute Gasteiger partial charge is 0.261 e. The fourth-order valence-electron chi connectivity index (χ4n) is 3.79. The predicted octanol–water partition coefficient (Wildman–Crippen LogP) is 4.49. The van der Waals surface area contributed by atoms with E-state index in [9.17, 15) is 9.59 Å². The number of nitrogens with zero attached hydrogens (tertiary/aromatic N) is 2. The zero-order valence-electron chi connectivity index (χ0n) is 15.2. The molecule has 5 rings (SSSR count). The molecule has 4 nitrogen and oxygen atoms in total. The van der Waals surface area contributed by atoms with Gasteiger partial charge in [-0.05, 0) is 40.8 Å². The summed E-state index contributed by atoms with van der Waals surface area (Å²) in [4.78, 5) is 26.4. The monoisotopic (exact) mass is 366 g/mol. The molecule has 0 atom stereocenters. The van der Waals surface area contributed by atoms with Crippen LogP contribution in [0.1, 0.15) is 31.8 Å². The number of hydrogen-bond donors (Lipinski definition) is 0. The minimum atomic E-state index is -0.219. The molecule has 2 heterocycles. The molecule has 0 N–H and O–H groups in total. The lowest BCUT2D eigenvalue weighted by Gasteiger charge is -2.14. The molecule has 0 aliphatic carbocycles. The first-order valence-electron chi connectivity index (χ1n) is 9.27. The van der Waals surface area contributed by atoms with Crippen molar-refractivity contribution in [3.05, 3.63) is 107 Å². The summed E-state index contributed by atoms with van der Waals surface area (Å²) in [5, 5.41) is 1.23. The van der Waals surface area contributed by atoms with Gasteiger partial charge >= 0.3 is 0 Å². The summed E-state index contributed by atoms with van der Waals surface area (Å²) in [7, 11) is 0. The molecule has 0 bridgehead atoms. The number of carbonyl (C=O) groups is 2. The Bertz CT molecular complexity index is 1170. The Labute approximate surface area is 162 Å². The molecule has 1 aromatic heterocycles. The third-order valence-corrected chi connectivity index (χ3v) is 5.27. The van der Waals surface area contributed by atoms with Crippen molar-refractivity contribution in [2.75, 3.05) is 0 Å². The molecule has 0 unspecified atom stereocenters. The Morgan fingerprint density at radius 2 is 1.18 bits per heavy atom. The Hall–Kier alpha value is -3.66. The average Bonchev–Trinajstić information content (AvgIpc) is 3.24. The number of para-hydroxylation sites is 1. The van der Waals surface area contributed by atoms with Gasteiger partial charge in [0.1, 0.15) is 0 Å². The molecule has 28 heavy (non-hydrogen) atoms. The van der Waals surface area contributed by atoms with E-state index in [4.69, 9.17) is 0 Å². The Balaban J connectivity index is 1.33. The molecule has 3 aromatic carbocycles. The number of rotatable bonds is 4. The van der Waals surface area contributed by atoms with E-state index in [1.807, 2.05) is 24.3 Å². The third-order valence-electron chi connectivity index (χ3n) is 5.27. The van der Waals surface area contributed by atoms with Gasteiger partial charge in [-0.15, -0.1) is 0 Å². The summed E-state index contributed by atoms with van der Waals surface area (Å²) < 4.78 is 2.22. The Kier molecular flexibility index (Phi) is 3.83. The largest absolute Gasteiger partial charge is 0.343 e. The molecular formula is C24H18N2O2. The second-order valence-electron chi connectivity index (χ2n) is 7.06. The first kappa shape index (κ1) is 16.5. The molecule has 4 heteroatoms. The van der Waals surface area contributed by atoms with E-state index in [2.05, 4.69) is 41.1 Å². The van der Waals surface area contributed by atoms with Crippen molar-refractivity contribution >= 4 is 22.7 Å². The quantitative estimate of drug-likeness (QED) is 0.500. The van der Waals surface area contributed by atoms with E-state index in [-0.39, 0.29) is 11.8 Å². The maximum Gasteiger partial charge on any atom is 0.261 e. The van der Waals surface area contributed by atoms with Crippen molar-refractivity contribution in [2.24, 2.45) is 0 Å². The van der Waals surface area contributed by atoms with E-state index in [1.165, 1.54) is 21.4 Å². The first-order chi connectivity index (χ1) is 13.7. The van der Waals surface area contributed by atoms with Gasteiger partial charge < -0.3 is 4.57 Å². The lowest BCUT2D eigenvalue weighted by atomic mass is 10.1. The highest BCUT2D eigenvalue weighted by molar-refractivity contribution is 6.21. The number of fused-ring (bicyclic) bond motifs is 2. The van der Waals surface area contributed by atoms with Crippen LogP contribution in [0, 0.1) is 0 Å². The number of benzene rings is 3. The summed E-state index contributed by atoms with van der Waals surface area (Å²) in [5.74, 6) is -0.438. The van der Waals surface area contributed by atoms with Gasteiger partial charge in [0.2, 0.25) is 0 Å². The molecule has 2 amide bonds. The van der Waals surface area contributed by atoms with Crippen LogP contribution in [0.3, 0.4) is 0 Å². The normalized spacial score (nSPS) is 13.4. The second-order valence-corrected chi connectivity index (χ2v) is 7.06. The van der Waals surface area contributed by atoms with Gasteiger partial charge in [-0.1, -0.05) is 54.6 Å². The zero-order valence-corrected chi connectivity index (χ0v) is 15.2. The predicted molar refractivity (Wildman–Crippen MR) is 108 cm³/mol. The zero-order chi connectivity index (χ0) is 19.1. The van der Waals surface area contributed by atoms with E-state index >= 15 is 0 Å². The molecule has 1 aliphatic heterocycles. The van der Waals surface area contributed by atoms with Crippen molar-refractivity contribution < 1.29 is 9.59 Å². The molecule has 1 aliphatic rings. The van der Waals surface area contributed by atoms with Crippen LogP contribution in [0.25, 0.3) is 10.9 Å². The minimum Gasteiger partial charge on any atom is -0.343 e. The summed E-state index contributed by atoms with van der Waals surface area (Å²) in [5.41, 5.74) is 4.30. The number of amides is 2. The van der Waals surface area contributed by atoms with Crippen LogP contribution in [0.5, 0.6) is 0 Å². The Morgan fingerprint density at radius 1 is 0.607 bits per heavy atom. The van der Waals surface area contributed by atoms with Gasteiger partial charge in [-0.25, -0.2) is 0 Å². The highest BCUT2D eigenvalue weighted by atomic mass is 16.2. The van der Waals surface area contributed by atoms with Crippen LogP contribution in [-0.4, -0.2) is 21.3 Å². The van der Waals surface area contributed by atoms with Gasteiger partial charge in [0.15, 0.2) is 0 Å². The molecule has 0 saturated heterocycles. The summed E-state index contributed by atoms with van der Waals surface area (Å²) >= 11 is 0. The molecule has 4 aromatic rings. The standard InChI is InChI=1S/C24H18N2O2/c27-23-20-6-2-3-7-21(20)24(28)26(23)16-18-11-9-17(10-12-18)15-25-14-13-19-5-1-4-8-22(19)25/h1-14H,15-16H2. The number of imide groups is 1. The fourth-order valence-corrected chi connectivity index (χ4v) is 3.79. The molecule has 0 saturated carbocycles. The van der Waals surface area contributed by atoms with Crippen molar-refractivity contribution in [3.8, 4) is 0 Å². The van der Waals surface area contributed by atoms with E-state index in [0.29, 0.717) is 17.7 Å². The number of aromatic nitrogens is 1. The average molecular weight is 366 g/mol. The molecular weight excluding hydrogens is 348 g/mol. The first-order valence-corrected chi connectivity index (χ1v) is 9.27.